The van der Waals surface area contributed by atoms with Gasteiger partial charge in [-0.05, 0) is 54.8 Å². The quantitative estimate of drug-likeness (QED) is 0.314. The molecule has 2 N–H and O–H groups in total. The summed E-state index contributed by atoms with van der Waals surface area (Å²) in [4.78, 5) is 38.0. The van der Waals surface area contributed by atoms with Crippen molar-refractivity contribution in [2.75, 3.05) is 6.54 Å². The van der Waals surface area contributed by atoms with E-state index >= 15 is 0 Å². The van der Waals surface area contributed by atoms with E-state index in [2.05, 4.69) is 24.3 Å². The van der Waals surface area contributed by atoms with E-state index in [1.165, 1.54) is 31.2 Å². The standard InChI is InChI=1S/C29H37NO3/c1-3-6-27(31)26(28(32)17-18-30)19-20(2)29(33)25-15-13-24(14-16-25)23-11-9-22(10-12-23)21-7-4-5-8-21/h9-16,20-21,26H,3-8,17-19,30H2,1-2H3. The van der Waals surface area contributed by atoms with E-state index in [1.807, 2.05) is 31.2 Å². The largest absolute Gasteiger partial charge is 0.330 e. The lowest BCUT2D eigenvalue weighted by molar-refractivity contribution is -0.133. The third kappa shape index (κ3) is 6.48. The molecule has 1 fully saturated rings. The summed E-state index contributed by atoms with van der Waals surface area (Å²) >= 11 is 0. The van der Waals surface area contributed by atoms with Gasteiger partial charge in [-0.15, -0.1) is 0 Å². The van der Waals surface area contributed by atoms with Gasteiger partial charge in [0.05, 0.1) is 5.92 Å². The number of rotatable bonds is 12. The summed E-state index contributed by atoms with van der Waals surface area (Å²) < 4.78 is 0. The second-order valence-corrected chi connectivity index (χ2v) is 9.46. The summed E-state index contributed by atoms with van der Waals surface area (Å²) in [5.74, 6) is -0.698. The predicted molar refractivity (Wildman–Crippen MR) is 133 cm³/mol. The molecular formula is C29H37NO3. The second kappa shape index (κ2) is 12.0. The molecule has 2 atom stereocenters. The van der Waals surface area contributed by atoms with Crippen LogP contribution in [0.25, 0.3) is 11.1 Å². The highest BCUT2D eigenvalue weighted by Crippen LogP contribution is 2.35. The Labute approximate surface area is 198 Å². The highest BCUT2D eigenvalue weighted by atomic mass is 16.2. The van der Waals surface area contributed by atoms with Crippen molar-refractivity contribution in [3.8, 4) is 11.1 Å². The first-order valence-electron chi connectivity index (χ1n) is 12.4. The van der Waals surface area contributed by atoms with Gasteiger partial charge in [-0.2, -0.15) is 0 Å². The molecule has 0 aliphatic heterocycles. The van der Waals surface area contributed by atoms with Crippen molar-refractivity contribution in [1.82, 2.24) is 0 Å². The predicted octanol–water partition coefficient (Wildman–Crippen LogP) is 6.12. The molecule has 1 aliphatic carbocycles. The number of carbonyl (C=O) groups excluding carboxylic acids is 3. The van der Waals surface area contributed by atoms with Gasteiger partial charge in [-0.3, -0.25) is 14.4 Å². The molecular weight excluding hydrogens is 410 g/mol. The highest BCUT2D eigenvalue weighted by molar-refractivity contribution is 6.04. The first-order chi connectivity index (χ1) is 15.9. The molecule has 4 nitrogen and oxygen atoms in total. The molecule has 33 heavy (non-hydrogen) atoms. The van der Waals surface area contributed by atoms with E-state index < -0.39 is 11.8 Å². The molecule has 0 aromatic heterocycles. The lowest BCUT2D eigenvalue weighted by Gasteiger charge is -2.18. The van der Waals surface area contributed by atoms with Crippen LogP contribution in [0, 0.1) is 11.8 Å². The molecule has 3 rings (SSSR count). The first kappa shape index (κ1) is 25.0. The Morgan fingerprint density at radius 1 is 0.879 bits per heavy atom. The van der Waals surface area contributed by atoms with Gasteiger partial charge in [-0.25, -0.2) is 0 Å². The van der Waals surface area contributed by atoms with Gasteiger partial charge < -0.3 is 5.73 Å². The zero-order valence-electron chi connectivity index (χ0n) is 20.0. The fraction of sp³-hybridized carbons (Fsp3) is 0.483. The van der Waals surface area contributed by atoms with Crippen LogP contribution in [0.3, 0.4) is 0 Å². The zero-order valence-corrected chi connectivity index (χ0v) is 20.0. The van der Waals surface area contributed by atoms with Crippen molar-refractivity contribution in [3.05, 3.63) is 59.7 Å². The Morgan fingerprint density at radius 2 is 1.42 bits per heavy atom. The third-order valence-electron chi connectivity index (χ3n) is 6.94. The topological polar surface area (TPSA) is 77.2 Å². The van der Waals surface area contributed by atoms with Crippen LogP contribution in [0.4, 0.5) is 0 Å². The van der Waals surface area contributed by atoms with Crippen molar-refractivity contribution < 1.29 is 14.4 Å². The van der Waals surface area contributed by atoms with Crippen molar-refractivity contribution >= 4 is 17.3 Å². The lowest BCUT2D eigenvalue weighted by Crippen LogP contribution is -2.29. The average Bonchev–Trinajstić information content (AvgIpc) is 3.37. The van der Waals surface area contributed by atoms with Gasteiger partial charge in [0, 0.05) is 24.3 Å². The fourth-order valence-electron chi connectivity index (χ4n) is 4.96. The van der Waals surface area contributed by atoms with Crippen molar-refractivity contribution in [1.29, 1.82) is 0 Å². The molecule has 2 aromatic carbocycles. The van der Waals surface area contributed by atoms with Crippen molar-refractivity contribution in [2.24, 2.45) is 17.6 Å². The van der Waals surface area contributed by atoms with Gasteiger partial charge >= 0.3 is 0 Å². The summed E-state index contributed by atoms with van der Waals surface area (Å²) in [5.41, 5.74) is 9.78. The summed E-state index contributed by atoms with van der Waals surface area (Å²) in [6.07, 6.45) is 6.71. The maximum absolute atomic E-state index is 13.0. The molecule has 0 heterocycles. The monoisotopic (exact) mass is 447 g/mol. The van der Waals surface area contributed by atoms with Crippen LogP contribution in [0.2, 0.25) is 0 Å². The molecule has 0 amide bonds. The Hall–Kier alpha value is -2.59. The molecule has 4 heteroatoms. The van der Waals surface area contributed by atoms with Crippen LogP contribution in [0.15, 0.2) is 48.5 Å². The molecule has 0 saturated heterocycles. The highest BCUT2D eigenvalue weighted by Gasteiger charge is 2.29. The SMILES string of the molecule is CCCC(=O)C(CC(C)C(=O)c1ccc(-c2ccc(C3CCCC3)cc2)cc1)C(=O)CCN. The number of benzene rings is 2. The second-order valence-electron chi connectivity index (χ2n) is 9.46. The van der Waals surface area contributed by atoms with Crippen molar-refractivity contribution in [3.63, 3.8) is 0 Å². The molecule has 0 radical (unpaired) electrons. The normalized spacial score (nSPS) is 15.8. The van der Waals surface area contributed by atoms with E-state index in [0.717, 1.165) is 11.1 Å². The first-order valence-corrected chi connectivity index (χ1v) is 12.4. The van der Waals surface area contributed by atoms with Crippen LogP contribution in [-0.2, 0) is 9.59 Å². The number of nitrogens with two attached hydrogens (primary N) is 1. The van der Waals surface area contributed by atoms with Crippen LogP contribution in [0.1, 0.15) is 87.1 Å². The number of ketones is 3. The zero-order chi connectivity index (χ0) is 23.8. The van der Waals surface area contributed by atoms with Gasteiger partial charge in [0.25, 0.3) is 0 Å². The Bertz CT molecular complexity index is 922. The Balaban J connectivity index is 1.67. The minimum Gasteiger partial charge on any atom is -0.330 e. The van der Waals surface area contributed by atoms with Gasteiger partial charge in [0.15, 0.2) is 5.78 Å². The summed E-state index contributed by atoms with van der Waals surface area (Å²) in [6, 6.07) is 16.5. The van der Waals surface area contributed by atoms with Crippen molar-refractivity contribution in [2.45, 2.75) is 71.1 Å². The smallest absolute Gasteiger partial charge is 0.165 e. The molecule has 2 unspecified atom stereocenters. The van der Waals surface area contributed by atoms with Crippen LogP contribution >= 0.6 is 0 Å². The molecule has 2 aromatic rings. The van der Waals surface area contributed by atoms with Crippen LogP contribution in [0.5, 0.6) is 0 Å². The molecule has 1 aliphatic rings. The summed E-state index contributed by atoms with van der Waals surface area (Å²) in [6.45, 7) is 3.95. The Kier molecular flexibility index (Phi) is 9.13. The average molecular weight is 448 g/mol. The molecule has 0 spiro atoms. The number of carbonyl (C=O) groups is 3. The molecule has 176 valence electrons. The maximum atomic E-state index is 13.0. The molecule has 1 saturated carbocycles. The van der Waals surface area contributed by atoms with Crippen LogP contribution in [-0.4, -0.2) is 23.9 Å². The number of hydrogen-bond donors (Lipinski definition) is 1. The minimum absolute atomic E-state index is 0.0343. The number of Topliss-reactive ketones (excluding diaryl/α,β-unsaturated/α-hetero) is 3. The number of hydrogen-bond acceptors (Lipinski definition) is 4. The maximum Gasteiger partial charge on any atom is 0.165 e. The minimum atomic E-state index is -0.731. The van der Waals surface area contributed by atoms with Gasteiger partial charge in [0.2, 0.25) is 0 Å². The Morgan fingerprint density at radius 3 is 1.97 bits per heavy atom. The van der Waals surface area contributed by atoms with Gasteiger partial charge in [-0.1, -0.05) is 75.2 Å². The van der Waals surface area contributed by atoms with E-state index in [9.17, 15) is 14.4 Å². The summed E-state index contributed by atoms with van der Waals surface area (Å²) in [5, 5.41) is 0. The van der Waals surface area contributed by atoms with E-state index in [0.29, 0.717) is 24.3 Å². The van der Waals surface area contributed by atoms with E-state index in [1.54, 1.807) is 6.92 Å². The molecule has 0 bridgehead atoms. The van der Waals surface area contributed by atoms with Gasteiger partial charge in [0.1, 0.15) is 11.6 Å². The summed E-state index contributed by atoms with van der Waals surface area (Å²) in [7, 11) is 0. The fourth-order valence-corrected chi connectivity index (χ4v) is 4.96. The lowest BCUT2D eigenvalue weighted by atomic mass is 9.83. The van der Waals surface area contributed by atoms with Crippen LogP contribution < -0.4 is 5.73 Å². The van der Waals surface area contributed by atoms with E-state index in [4.69, 9.17) is 5.73 Å². The van der Waals surface area contributed by atoms with E-state index in [-0.39, 0.29) is 36.7 Å². The third-order valence-corrected chi connectivity index (χ3v) is 6.94.